The van der Waals surface area contributed by atoms with E-state index in [-0.39, 0.29) is 30.2 Å². The predicted octanol–water partition coefficient (Wildman–Crippen LogP) is 3.50. The summed E-state index contributed by atoms with van der Waals surface area (Å²) in [5, 5.41) is 15.8. The summed E-state index contributed by atoms with van der Waals surface area (Å²) in [6, 6.07) is 15.0. The quantitative estimate of drug-likeness (QED) is 0.573. The van der Waals surface area contributed by atoms with Gasteiger partial charge in [0.1, 0.15) is 12.2 Å². The van der Waals surface area contributed by atoms with E-state index < -0.39 is 18.0 Å². The SMILES string of the molecule is CCOC(=O)c1cnn(-c2cccc(C(=O)O)c2)c1NC(=O)OCc1ccccc1. The van der Waals surface area contributed by atoms with Gasteiger partial charge in [0, 0.05) is 0 Å². The number of carboxylic acid groups (broad SMARTS) is 1. The Morgan fingerprint density at radius 2 is 1.83 bits per heavy atom. The standard InChI is InChI=1S/C21H19N3O6/c1-2-29-20(27)17-12-22-24(16-10-6-9-15(11-16)19(25)26)18(17)23-21(28)30-13-14-7-4-3-5-8-14/h3-12H,2,13H2,1H3,(H,23,28)(H,25,26). The second-order valence-electron chi connectivity index (χ2n) is 6.08. The largest absolute Gasteiger partial charge is 0.478 e. The first-order valence-electron chi connectivity index (χ1n) is 9.06. The fourth-order valence-electron chi connectivity index (χ4n) is 2.65. The van der Waals surface area contributed by atoms with Crippen LogP contribution in [-0.2, 0) is 16.1 Å². The Balaban J connectivity index is 1.89. The lowest BCUT2D eigenvalue weighted by Gasteiger charge is -2.12. The van der Waals surface area contributed by atoms with Crippen molar-refractivity contribution in [1.29, 1.82) is 0 Å². The van der Waals surface area contributed by atoms with Crippen LogP contribution in [0.25, 0.3) is 5.69 Å². The first kappa shape index (κ1) is 20.6. The molecule has 0 aliphatic heterocycles. The number of hydrogen-bond donors (Lipinski definition) is 2. The second kappa shape index (κ2) is 9.37. The van der Waals surface area contributed by atoms with Gasteiger partial charge in [0.05, 0.1) is 24.1 Å². The molecule has 1 amide bonds. The van der Waals surface area contributed by atoms with Crippen LogP contribution >= 0.6 is 0 Å². The van der Waals surface area contributed by atoms with E-state index in [9.17, 15) is 19.5 Å². The Morgan fingerprint density at radius 3 is 2.53 bits per heavy atom. The molecule has 0 spiro atoms. The summed E-state index contributed by atoms with van der Waals surface area (Å²) < 4.78 is 11.5. The maximum absolute atomic E-state index is 12.4. The van der Waals surface area contributed by atoms with E-state index in [0.29, 0.717) is 5.69 Å². The van der Waals surface area contributed by atoms with Crippen LogP contribution in [0, 0.1) is 0 Å². The summed E-state index contributed by atoms with van der Waals surface area (Å²) in [4.78, 5) is 35.9. The van der Waals surface area contributed by atoms with Gasteiger partial charge in [-0.1, -0.05) is 36.4 Å². The molecular weight excluding hydrogens is 390 g/mol. The Morgan fingerprint density at radius 1 is 1.07 bits per heavy atom. The van der Waals surface area contributed by atoms with Gasteiger partial charge in [-0.25, -0.2) is 19.1 Å². The van der Waals surface area contributed by atoms with Gasteiger partial charge in [-0.3, -0.25) is 5.32 Å². The molecule has 154 valence electrons. The van der Waals surface area contributed by atoms with Crippen molar-refractivity contribution in [2.45, 2.75) is 13.5 Å². The number of carboxylic acids is 1. The van der Waals surface area contributed by atoms with Crippen molar-refractivity contribution in [1.82, 2.24) is 9.78 Å². The number of aromatic nitrogens is 2. The lowest BCUT2D eigenvalue weighted by atomic mass is 10.2. The van der Waals surface area contributed by atoms with Crippen molar-refractivity contribution in [2.75, 3.05) is 11.9 Å². The minimum atomic E-state index is -1.12. The number of ether oxygens (including phenoxy) is 2. The van der Waals surface area contributed by atoms with Gasteiger partial charge in [0.25, 0.3) is 0 Å². The third-order valence-electron chi connectivity index (χ3n) is 4.04. The average molecular weight is 409 g/mol. The van der Waals surface area contributed by atoms with Crippen LogP contribution in [0.5, 0.6) is 0 Å². The van der Waals surface area contributed by atoms with Gasteiger partial charge in [0.15, 0.2) is 5.82 Å². The van der Waals surface area contributed by atoms with Crippen molar-refractivity contribution in [2.24, 2.45) is 0 Å². The second-order valence-corrected chi connectivity index (χ2v) is 6.08. The van der Waals surface area contributed by atoms with E-state index in [1.807, 2.05) is 18.2 Å². The van der Waals surface area contributed by atoms with E-state index in [0.717, 1.165) is 5.56 Å². The Kier molecular flexibility index (Phi) is 6.43. The van der Waals surface area contributed by atoms with E-state index in [2.05, 4.69) is 10.4 Å². The predicted molar refractivity (Wildman–Crippen MR) is 107 cm³/mol. The number of benzene rings is 2. The number of carbonyl (C=O) groups excluding carboxylic acids is 2. The molecule has 2 aromatic carbocycles. The van der Waals surface area contributed by atoms with Crippen LogP contribution in [0.2, 0.25) is 0 Å². The monoisotopic (exact) mass is 409 g/mol. The number of nitrogens with one attached hydrogen (secondary N) is 1. The van der Waals surface area contributed by atoms with Gasteiger partial charge in [0.2, 0.25) is 0 Å². The highest BCUT2D eigenvalue weighted by atomic mass is 16.5. The molecule has 9 nitrogen and oxygen atoms in total. The molecule has 9 heteroatoms. The van der Waals surface area contributed by atoms with Crippen LogP contribution in [0.15, 0.2) is 60.8 Å². The molecule has 3 aromatic rings. The number of anilines is 1. The van der Waals surface area contributed by atoms with E-state index in [1.54, 1.807) is 25.1 Å². The number of hydrogen-bond acceptors (Lipinski definition) is 6. The average Bonchev–Trinajstić information content (AvgIpc) is 3.17. The van der Waals surface area contributed by atoms with E-state index in [1.165, 1.54) is 29.1 Å². The number of esters is 1. The minimum absolute atomic E-state index is 0.00838. The molecule has 0 radical (unpaired) electrons. The third-order valence-corrected chi connectivity index (χ3v) is 4.04. The van der Waals surface area contributed by atoms with E-state index in [4.69, 9.17) is 9.47 Å². The van der Waals surface area contributed by atoms with Gasteiger partial charge < -0.3 is 14.6 Å². The van der Waals surface area contributed by atoms with Crippen molar-refractivity contribution < 1.29 is 29.0 Å². The summed E-state index contributed by atoms with van der Waals surface area (Å²) in [5.74, 6) is -1.79. The lowest BCUT2D eigenvalue weighted by molar-refractivity contribution is 0.0527. The minimum Gasteiger partial charge on any atom is -0.478 e. The maximum atomic E-state index is 12.4. The Bertz CT molecular complexity index is 1060. The Labute approximate surface area is 171 Å². The number of nitrogens with zero attached hydrogens (tertiary/aromatic N) is 2. The number of aromatic carboxylic acids is 1. The van der Waals surface area contributed by atoms with Crippen LogP contribution < -0.4 is 5.32 Å². The van der Waals surface area contributed by atoms with Crippen molar-refractivity contribution >= 4 is 23.8 Å². The smallest absolute Gasteiger partial charge is 0.413 e. The molecule has 0 unspecified atom stereocenters. The summed E-state index contributed by atoms with van der Waals surface area (Å²) in [6.07, 6.45) is 0.429. The molecule has 0 aliphatic carbocycles. The maximum Gasteiger partial charge on any atom is 0.413 e. The molecule has 2 N–H and O–H groups in total. The van der Waals surface area contributed by atoms with Crippen molar-refractivity contribution in [3.63, 3.8) is 0 Å². The number of rotatable bonds is 7. The summed E-state index contributed by atoms with van der Waals surface area (Å²) in [6.45, 7) is 1.82. The molecule has 30 heavy (non-hydrogen) atoms. The highest BCUT2D eigenvalue weighted by Crippen LogP contribution is 2.22. The molecule has 0 bridgehead atoms. The molecule has 0 fully saturated rings. The third kappa shape index (κ3) is 4.82. The topological polar surface area (TPSA) is 120 Å². The fraction of sp³-hybridized carbons (Fsp3) is 0.143. The zero-order chi connectivity index (χ0) is 21.5. The molecule has 0 atom stereocenters. The van der Waals surface area contributed by atoms with Gasteiger partial charge in [-0.05, 0) is 30.7 Å². The van der Waals surface area contributed by atoms with Gasteiger partial charge >= 0.3 is 18.0 Å². The fourth-order valence-corrected chi connectivity index (χ4v) is 2.65. The first-order chi connectivity index (χ1) is 14.5. The van der Waals surface area contributed by atoms with Crippen molar-refractivity contribution in [3.05, 3.63) is 77.5 Å². The van der Waals surface area contributed by atoms with Gasteiger partial charge in [-0.2, -0.15) is 5.10 Å². The van der Waals surface area contributed by atoms with Crippen molar-refractivity contribution in [3.8, 4) is 5.69 Å². The lowest BCUT2D eigenvalue weighted by Crippen LogP contribution is -2.19. The van der Waals surface area contributed by atoms with E-state index >= 15 is 0 Å². The summed E-state index contributed by atoms with van der Waals surface area (Å²) >= 11 is 0. The number of amides is 1. The molecule has 0 saturated carbocycles. The highest BCUT2D eigenvalue weighted by molar-refractivity contribution is 5.99. The molecule has 1 aromatic heterocycles. The zero-order valence-electron chi connectivity index (χ0n) is 16.1. The molecule has 3 rings (SSSR count). The normalized spacial score (nSPS) is 10.3. The summed E-state index contributed by atoms with van der Waals surface area (Å²) in [7, 11) is 0. The zero-order valence-corrected chi connectivity index (χ0v) is 16.1. The highest BCUT2D eigenvalue weighted by Gasteiger charge is 2.22. The van der Waals surface area contributed by atoms with Crippen LogP contribution in [0.3, 0.4) is 0 Å². The molecule has 1 heterocycles. The van der Waals surface area contributed by atoms with Crippen LogP contribution in [-0.4, -0.2) is 39.5 Å². The molecule has 0 saturated heterocycles. The molecular formula is C21H19N3O6. The van der Waals surface area contributed by atoms with Crippen LogP contribution in [0.1, 0.15) is 33.2 Å². The van der Waals surface area contributed by atoms with Crippen LogP contribution in [0.4, 0.5) is 10.6 Å². The molecule has 0 aliphatic rings. The van der Waals surface area contributed by atoms with Gasteiger partial charge in [-0.15, -0.1) is 0 Å². The summed E-state index contributed by atoms with van der Waals surface area (Å²) in [5.41, 5.74) is 1.16. The first-order valence-corrected chi connectivity index (χ1v) is 9.06. The number of carbonyl (C=O) groups is 3. The Hall–Kier alpha value is -4.14.